The molecule has 2 N–H and O–H groups in total. The van der Waals surface area contributed by atoms with Crippen LogP contribution in [0, 0.1) is 0 Å². The van der Waals surface area contributed by atoms with Gasteiger partial charge in [-0.25, -0.2) is 0 Å². The lowest BCUT2D eigenvalue weighted by atomic mass is 10.0. The smallest absolute Gasteiger partial charge is 0.181 e. The lowest BCUT2D eigenvalue weighted by Gasteiger charge is -2.10. The summed E-state index contributed by atoms with van der Waals surface area (Å²) in [5.41, 5.74) is 6.23. The van der Waals surface area contributed by atoms with Gasteiger partial charge in [0.05, 0.1) is 18.8 Å². The molecule has 0 bridgehead atoms. The molecule has 94 valence electrons. The van der Waals surface area contributed by atoms with E-state index in [1.807, 2.05) is 6.92 Å². The molecule has 0 aliphatic carbocycles. The molecule has 0 amide bonds. The van der Waals surface area contributed by atoms with Crippen LogP contribution in [0.15, 0.2) is 18.5 Å². The average Bonchev–Trinajstić information content (AvgIpc) is 2.35. The lowest BCUT2D eigenvalue weighted by molar-refractivity contribution is 0.0934. The van der Waals surface area contributed by atoms with Gasteiger partial charge in [-0.3, -0.25) is 9.78 Å². The Balaban J connectivity index is 2.70. The van der Waals surface area contributed by atoms with Gasteiger partial charge in [0.25, 0.3) is 0 Å². The van der Waals surface area contributed by atoms with Gasteiger partial charge in [-0.15, -0.1) is 0 Å². The normalized spacial score (nSPS) is 12.2. The topological polar surface area (TPSA) is 74.4 Å². The minimum atomic E-state index is -0.561. The number of aromatic nitrogens is 1. The summed E-state index contributed by atoms with van der Waals surface area (Å²) in [6, 6.07) is 1.10. The molecule has 1 heterocycles. The fourth-order valence-electron chi connectivity index (χ4n) is 1.39. The third kappa shape index (κ3) is 4.13. The maximum Gasteiger partial charge on any atom is 0.181 e. The maximum atomic E-state index is 11.9. The SMILES string of the molecule is CCOc1cncc(C(=O)C(N)CCOC)c1. The van der Waals surface area contributed by atoms with Gasteiger partial charge in [0, 0.05) is 25.5 Å². The zero-order chi connectivity index (χ0) is 12.7. The third-order valence-corrected chi connectivity index (χ3v) is 2.28. The zero-order valence-corrected chi connectivity index (χ0v) is 10.2. The number of nitrogens with two attached hydrogens (primary N) is 1. The number of carbonyl (C=O) groups excluding carboxylic acids is 1. The molecule has 0 saturated heterocycles. The quantitative estimate of drug-likeness (QED) is 0.718. The minimum absolute atomic E-state index is 0.142. The molecule has 0 aliphatic rings. The van der Waals surface area contributed by atoms with Gasteiger partial charge < -0.3 is 15.2 Å². The summed E-state index contributed by atoms with van der Waals surface area (Å²) in [6.45, 7) is 2.87. The molecule has 1 atom stereocenters. The van der Waals surface area contributed by atoms with E-state index in [9.17, 15) is 4.79 Å². The predicted octanol–water partition coefficient (Wildman–Crippen LogP) is 1.03. The summed E-state index contributed by atoms with van der Waals surface area (Å²) < 4.78 is 10.2. The highest BCUT2D eigenvalue weighted by molar-refractivity contribution is 5.99. The molecule has 5 heteroatoms. The van der Waals surface area contributed by atoms with Crippen LogP contribution in [0.1, 0.15) is 23.7 Å². The molecule has 0 fully saturated rings. The van der Waals surface area contributed by atoms with Gasteiger partial charge in [-0.1, -0.05) is 0 Å². The van der Waals surface area contributed by atoms with Crippen LogP contribution in [0.2, 0.25) is 0 Å². The van der Waals surface area contributed by atoms with Crippen molar-refractivity contribution in [1.82, 2.24) is 4.98 Å². The van der Waals surface area contributed by atoms with Crippen molar-refractivity contribution in [2.24, 2.45) is 5.73 Å². The number of pyridine rings is 1. The van der Waals surface area contributed by atoms with E-state index in [2.05, 4.69) is 4.98 Å². The van der Waals surface area contributed by atoms with E-state index in [-0.39, 0.29) is 5.78 Å². The van der Waals surface area contributed by atoms with E-state index < -0.39 is 6.04 Å². The molecule has 0 radical (unpaired) electrons. The standard InChI is InChI=1S/C12H18N2O3/c1-3-17-10-6-9(7-14-8-10)12(15)11(13)4-5-16-2/h6-8,11H,3-5,13H2,1-2H3. The third-order valence-electron chi connectivity index (χ3n) is 2.28. The van der Waals surface area contributed by atoms with Gasteiger partial charge in [-0.05, 0) is 19.4 Å². The van der Waals surface area contributed by atoms with Crippen LogP contribution in [0.5, 0.6) is 5.75 Å². The lowest BCUT2D eigenvalue weighted by Crippen LogP contribution is -2.31. The van der Waals surface area contributed by atoms with Crippen molar-refractivity contribution < 1.29 is 14.3 Å². The number of nitrogens with zero attached hydrogens (tertiary/aromatic N) is 1. The Hall–Kier alpha value is -1.46. The first-order valence-electron chi connectivity index (χ1n) is 5.55. The van der Waals surface area contributed by atoms with Gasteiger partial charge in [0.2, 0.25) is 0 Å². The van der Waals surface area contributed by atoms with Crippen LogP contribution in [0.3, 0.4) is 0 Å². The number of methoxy groups -OCH3 is 1. The van der Waals surface area contributed by atoms with E-state index in [0.717, 1.165) is 0 Å². The van der Waals surface area contributed by atoms with Gasteiger partial charge in [-0.2, -0.15) is 0 Å². The molecule has 1 aromatic heterocycles. The molecule has 1 unspecified atom stereocenters. The Bertz CT molecular complexity index is 369. The molecule has 0 aromatic carbocycles. The van der Waals surface area contributed by atoms with Crippen molar-refractivity contribution in [2.75, 3.05) is 20.3 Å². The maximum absolute atomic E-state index is 11.9. The Morgan fingerprint density at radius 3 is 2.94 bits per heavy atom. The van der Waals surface area contributed by atoms with E-state index >= 15 is 0 Å². The van der Waals surface area contributed by atoms with Crippen molar-refractivity contribution in [1.29, 1.82) is 0 Å². The Morgan fingerprint density at radius 2 is 2.29 bits per heavy atom. The minimum Gasteiger partial charge on any atom is -0.492 e. The van der Waals surface area contributed by atoms with E-state index in [1.54, 1.807) is 19.4 Å². The van der Waals surface area contributed by atoms with Gasteiger partial charge >= 0.3 is 0 Å². The molecular weight excluding hydrogens is 220 g/mol. The first-order valence-corrected chi connectivity index (χ1v) is 5.55. The average molecular weight is 238 g/mol. The second-order valence-corrected chi connectivity index (χ2v) is 3.59. The summed E-state index contributed by atoms with van der Waals surface area (Å²) in [5, 5.41) is 0. The van der Waals surface area contributed by atoms with Crippen LogP contribution in [-0.2, 0) is 4.74 Å². The summed E-state index contributed by atoms with van der Waals surface area (Å²) in [4.78, 5) is 15.9. The predicted molar refractivity (Wildman–Crippen MR) is 64.2 cm³/mol. The highest BCUT2D eigenvalue weighted by Gasteiger charge is 2.16. The van der Waals surface area contributed by atoms with Crippen LogP contribution in [0.25, 0.3) is 0 Å². The summed E-state index contributed by atoms with van der Waals surface area (Å²) in [7, 11) is 1.58. The first-order chi connectivity index (χ1) is 8.19. The van der Waals surface area contributed by atoms with Crippen molar-refractivity contribution in [3.8, 4) is 5.75 Å². The van der Waals surface area contributed by atoms with Crippen molar-refractivity contribution >= 4 is 5.78 Å². The van der Waals surface area contributed by atoms with Crippen LogP contribution in [0.4, 0.5) is 0 Å². The summed E-state index contributed by atoms with van der Waals surface area (Å²) in [5.74, 6) is 0.438. The second kappa shape index (κ2) is 6.98. The zero-order valence-electron chi connectivity index (χ0n) is 10.2. The summed E-state index contributed by atoms with van der Waals surface area (Å²) >= 11 is 0. The Morgan fingerprint density at radius 1 is 1.53 bits per heavy atom. The van der Waals surface area contributed by atoms with Crippen molar-refractivity contribution in [3.63, 3.8) is 0 Å². The van der Waals surface area contributed by atoms with E-state index in [4.69, 9.17) is 15.2 Å². The van der Waals surface area contributed by atoms with Crippen LogP contribution >= 0.6 is 0 Å². The fourth-order valence-corrected chi connectivity index (χ4v) is 1.39. The molecule has 0 spiro atoms. The molecular formula is C12H18N2O3. The molecule has 17 heavy (non-hydrogen) atoms. The highest BCUT2D eigenvalue weighted by atomic mass is 16.5. The Kier molecular flexibility index (Phi) is 5.59. The molecule has 1 rings (SSSR count). The molecule has 0 saturated carbocycles. The largest absolute Gasteiger partial charge is 0.492 e. The number of Topliss-reactive ketones (excluding diaryl/α,β-unsaturated/α-hetero) is 1. The number of hydrogen-bond acceptors (Lipinski definition) is 5. The number of ether oxygens (including phenoxy) is 2. The first kappa shape index (κ1) is 13.6. The summed E-state index contributed by atoms with van der Waals surface area (Å²) in [6.07, 6.45) is 3.56. The van der Waals surface area contributed by atoms with Gasteiger partial charge in [0.1, 0.15) is 5.75 Å². The molecule has 0 aliphatic heterocycles. The van der Waals surface area contributed by atoms with E-state index in [0.29, 0.717) is 30.9 Å². The van der Waals surface area contributed by atoms with Crippen LogP contribution in [-0.4, -0.2) is 37.1 Å². The Labute approximate surface area is 101 Å². The van der Waals surface area contributed by atoms with Crippen LogP contribution < -0.4 is 10.5 Å². The molecule has 1 aromatic rings. The second-order valence-electron chi connectivity index (χ2n) is 3.59. The number of ketones is 1. The fraction of sp³-hybridized carbons (Fsp3) is 0.500. The molecule has 5 nitrogen and oxygen atoms in total. The van der Waals surface area contributed by atoms with Gasteiger partial charge in [0.15, 0.2) is 5.78 Å². The van der Waals surface area contributed by atoms with Crippen molar-refractivity contribution in [3.05, 3.63) is 24.0 Å². The monoisotopic (exact) mass is 238 g/mol. The number of rotatable bonds is 7. The number of carbonyl (C=O) groups is 1. The van der Waals surface area contributed by atoms with E-state index in [1.165, 1.54) is 6.20 Å². The number of hydrogen-bond donors (Lipinski definition) is 1. The highest BCUT2D eigenvalue weighted by Crippen LogP contribution is 2.13. The van der Waals surface area contributed by atoms with Crippen molar-refractivity contribution in [2.45, 2.75) is 19.4 Å².